The van der Waals surface area contributed by atoms with Crippen molar-refractivity contribution < 1.29 is 4.79 Å². The van der Waals surface area contributed by atoms with Crippen molar-refractivity contribution >= 4 is 29.4 Å². The smallest absolute Gasteiger partial charge is 0.251 e. The lowest BCUT2D eigenvalue weighted by Crippen LogP contribution is -2.23. The van der Waals surface area contributed by atoms with Gasteiger partial charge in [0.15, 0.2) is 0 Å². The lowest BCUT2D eigenvalue weighted by atomic mass is 10.1. The van der Waals surface area contributed by atoms with E-state index in [1.807, 2.05) is 53.9 Å². The summed E-state index contributed by atoms with van der Waals surface area (Å²) in [4.78, 5) is 16.4. The number of hydrogen-bond acceptors (Lipinski definition) is 4. The van der Waals surface area contributed by atoms with E-state index in [0.717, 1.165) is 5.69 Å². The summed E-state index contributed by atoms with van der Waals surface area (Å²) in [5.74, 6) is 2.40. The van der Waals surface area contributed by atoms with E-state index in [4.69, 9.17) is 0 Å². The maximum atomic E-state index is 12.2. The maximum Gasteiger partial charge on any atom is 0.251 e. The molecular formula is C17H18N2OS2. The predicted octanol–water partition coefficient (Wildman–Crippen LogP) is 3.88. The zero-order chi connectivity index (χ0) is 15.2. The van der Waals surface area contributed by atoms with Crippen molar-refractivity contribution in [2.45, 2.75) is 17.5 Å². The van der Waals surface area contributed by atoms with E-state index in [0.29, 0.717) is 16.7 Å². The molecule has 0 atom stereocenters. The maximum absolute atomic E-state index is 12.2. The summed E-state index contributed by atoms with van der Waals surface area (Å²) in [5, 5.41) is 2.90. The molecule has 2 aromatic rings. The Hall–Kier alpha value is -1.46. The molecule has 114 valence electrons. The van der Waals surface area contributed by atoms with Crippen molar-refractivity contribution in [2.24, 2.45) is 0 Å². The van der Waals surface area contributed by atoms with Gasteiger partial charge in [-0.1, -0.05) is 18.2 Å². The van der Waals surface area contributed by atoms with Crippen molar-refractivity contribution in [3.63, 3.8) is 0 Å². The minimum Gasteiger partial charge on any atom is -0.346 e. The molecule has 1 aromatic heterocycles. The fourth-order valence-electron chi connectivity index (χ4n) is 2.25. The topological polar surface area (TPSA) is 42.0 Å². The second-order valence-corrected chi connectivity index (χ2v) is 7.78. The zero-order valence-electron chi connectivity index (χ0n) is 12.2. The second-order valence-electron chi connectivity index (χ2n) is 5.05. The molecule has 1 fully saturated rings. The van der Waals surface area contributed by atoms with Gasteiger partial charge >= 0.3 is 0 Å². The summed E-state index contributed by atoms with van der Waals surface area (Å²) < 4.78 is 0.513. The van der Waals surface area contributed by atoms with Crippen molar-refractivity contribution in [3.8, 4) is 0 Å². The molecule has 1 aliphatic heterocycles. The molecular weight excluding hydrogens is 312 g/mol. The van der Waals surface area contributed by atoms with Gasteiger partial charge in [0.2, 0.25) is 0 Å². The highest BCUT2D eigenvalue weighted by molar-refractivity contribution is 8.16. The quantitative estimate of drug-likeness (QED) is 0.924. The number of aromatic nitrogens is 1. The van der Waals surface area contributed by atoms with E-state index in [9.17, 15) is 4.79 Å². The Bertz CT molecular complexity index is 610. The Morgan fingerprint density at radius 3 is 2.59 bits per heavy atom. The SMILES string of the molecule is O=C(NCc1ccccn1)c1ccc(C2SCCCS2)cc1. The summed E-state index contributed by atoms with van der Waals surface area (Å²) in [7, 11) is 0. The minimum atomic E-state index is -0.0545. The first kappa shape index (κ1) is 15.4. The number of amides is 1. The van der Waals surface area contributed by atoms with Crippen LogP contribution in [0.5, 0.6) is 0 Å². The molecule has 1 aliphatic rings. The lowest BCUT2D eigenvalue weighted by molar-refractivity contribution is 0.0950. The highest BCUT2D eigenvalue weighted by Crippen LogP contribution is 2.43. The molecule has 0 radical (unpaired) electrons. The third-order valence-electron chi connectivity index (χ3n) is 3.43. The summed E-state index contributed by atoms with van der Waals surface area (Å²) in [6.07, 6.45) is 3.02. The third-order valence-corrected chi connectivity index (χ3v) is 6.44. The number of carbonyl (C=O) groups excluding carboxylic acids is 1. The van der Waals surface area contributed by atoms with Gasteiger partial charge in [-0.15, -0.1) is 23.5 Å². The second kappa shape index (κ2) is 7.70. The molecule has 3 nitrogen and oxygen atoms in total. The van der Waals surface area contributed by atoms with Gasteiger partial charge in [0.1, 0.15) is 0 Å². The van der Waals surface area contributed by atoms with E-state index < -0.39 is 0 Å². The fraction of sp³-hybridized carbons (Fsp3) is 0.294. The molecule has 0 spiro atoms. The van der Waals surface area contributed by atoms with Gasteiger partial charge in [-0.2, -0.15) is 0 Å². The number of thioether (sulfide) groups is 2. The van der Waals surface area contributed by atoms with Crippen LogP contribution < -0.4 is 5.32 Å². The molecule has 1 amide bonds. The summed E-state index contributed by atoms with van der Waals surface area (Å²) >= 11 is 3.98. The van der Waals surface area contributed by atoms with Crippen LogP contribution in [0.15, 0.2) is 48.7 Å². The fourth-order valence-corrected chi connectivity index (χ4v) is 5.14. The molecule has 1 N–H and O–H groups in total. The number of nitrogens with one attached hydrogen (secondary N) is 1. The van der Waals surface area contributed by atoms with E-state index in [-0.39, 0.29) is 5.91 Å². The number of rotatable bonds is 4. The predicted molar refractivity (Wildman–Crippen MR) is 94.1 cm³/mol. The highest BCUT2D eigenvalue weighted by atomic mass is 32.2. The Labute approximate surface area is 139 Å². The van der Waals surface area contributed by atoms with E-state index in [1.54, 1.807) is 6.20 Å². The first-order chi connectivity index (χ1) is 10.8. The van der Waals surface area contributed by atoms with Crippen molar-refractivity contribution in [2.75, 3.05) is 11.5 Å². The monoisotopic (exact) mass is 330 g/mol. The number of nitrogens with zero attached hydrogens (tertiary/aromatic N) is 1. The largest absolute Gasteiger partial charge is 0.346 e. The van der Waals surface area contributed by atoms with E-state index in [1.165, 1.54) is 23.5 Å². The average Bonchev–Trinajstić information content (AvgIpc) is 2.61. The first-order valence-electron chi connectivity index (χ1n) is 7.34. The van der Waals surface area contributed by atoms with Crippen molar-refractivity contribution in [1.82, 2.24) is 10.3 Å². The number of pyridine rings is 1. The standard InChI is InChI=1S/C17H18N2OS2/c20-16(19-12-15-4-1-2-9-18-15)13-5-7-14(8-6-13)17-21-10-3-11-22-17/h1-2,4-9,17H,3,10-12H2,(H,19,20). The first-order valence-corrected chi connectivity index (χ1v) is 9.44. The third kappa shape index (κ3) is 4.05. The van der Waals surface area contributed by atoms with Crippen LogP contribution in [0.1, 0.15) is 32.6 Å². The normalized spacial score (nSPS) is 15.5. The van der Waals surface area contributed by atoms with Gasteiger partial charge in [0, 0.05) is 11.8 Å². The summed E-state index contributed by atoms with van der Waals surface area (Å²) in [6, 6.07) is 13.7. The molecule has 3 rings (SSSR count). The Morgan fingerprint density at radius 1 is 1.14 bits per heavy atom. The molecule has 1 saturated heterocycles. The van der Waals surface area contributed by atoms with Crippen LogP contribution in [-0.2, 0) is 6.54 Å². The molecule has 0 aliphatic carbocycles. The van der Waals surface area contributed by atoms with Crippen molar-refractivity contribution in [3.05, 3.63) is 65.5 Å². The molecule has 2 heterocycles. The molecule has 0 bridgehead atoms. The summed E-state index contributed by atoms with van der Waals surface area (Å²) in [5.41, 5.74) is 2.86. The zero-order valence-corrected chi connectivity index (χ0v) is 13.8. The van der Waals surface area contributed by atoms with Crippen LogP contribution in [0.4, 0.5) is 0 Å². The van der Waals surface area contributed by atoms with E-state index in [2.05, 4.69) is 22.4 Å². The van der Waals surface area contributed by atoms with Crippen LogP contribution in [0.2, 0.25) is 0 Å². The van der Waals surface area contributed by atoms with Gasteiger partial charge in [-0.3, -0.25) is 9.78 Å². The van der Waals surface area contributed by atoms with Gasteiger partial charge < -0.3 is 5.32 Å². The van der Waals surface area contributed by atoms with Crippen LogP contribution >= 0.6 is 23.5 Å². The van der Waals surface area contributed by atoms with Gasteiger partial charge in [-0.25, -0.2) is 0 Å². The number of benzene rings is 1. The Kier molecular flexibility index (Phi) is 5.40. The van der Waals surface area contributed by atoms with E-state index >= 15 is 0 Å². The molecule has 22 heavy (non-hydrogen) atoms. The van der Waals surface area contributed by atoms with Crippen LogP contribution in [0.25, 0.3) is 0 Å². The summed E-state index contributed by atoms with van der Waals surface area (Å²) in [6.45, 7) is 0.454. The molecule has 0 saturated carbocycles. The van der Waals surface area contributed by atoms with Crippen LogP contribution in [-0.4, -0.2) is 22.4 Å². The van der Waals surface area contributed by atoms with Gasteiger partial charge in [0.05, 0.1) is 16.8 Å². The molecule has 5 heteroatoms. The van der Waals surface area contributed by atoms with Crippen LogP contribution in [0, 0.1) is 0 Å². The Morgan fingerprint density at radius 2 is 1.91 bits per heavy atom. The number of carbonyl (C=O) groups is 1. The van der Waals surface area contributed by atoms with Gasteiger partial charge in [0.25, 0.3) is 5.91 Å². The molecule has 1 aromatic carbocycles. The number of hydrogen-bond donors (Lipinski definition) is 1. The Balaban J connectivity index is 1.58. The minimum absolute atomic E-state index is 0.0545. The van der Waals surface area contributed by atoms with Crippen LogP contribution in [0.3, 0.4) is 0 Å². The van der Waals surface area contributed by atoms with Gasteiger partial charge in [-0.05, 0) is 47.8 Å². The molecule has 0 unspecified atom stereocenters. The average molecular weight is 330 g/mol. The lowest BCUT2D eigenvalue weighted by Gasteiger charge is -2.21. The van der Waals surface area contributed by atoms with Crippen molar-refractivity contribution in [1.29, 1.82) is 0 Å². The highest BCUT2D eigenvalue weighted by Gasteiger charge is 2.16.